The molecule has 0 saturated heterocycles. The van der Waals surface area contributed by atoms with Crippen molar-refractivity contribution >= 4 is 23.2 Å². The summed E-state index contributed by atoms with van der Waals surface area (Å²) in [7, 11) is 4.68. The van der Waals surface area contributed by atoms with Crippen molar-refractivity contribution in [3.63, 3.8) is 0 Å². The van der Waals surface area contributed by atoms with Crippen molar-refractivity contribution in [2.45, 2.75) is 19.9 Å². The van der Waals surface area contributed by atoms with E-state index in [1.807, 2.05) is 13.8 Å². The molecule has 140 valence electrons. The number of carbonyl (C=O) groups is 1. The van der Waals surface area contributed by atoms with Crippen LogP contribution in [0.1, 0.15) is 13.8 Å². The first kappa shape index (κ1) is 19.2. The lowest BCUT2D eigenvalue weighted by Crippen LogP contribution is -2.34. The number of anilines is 3. The first-order valence-electron chi connectivity index (χ1n) is 8.07. The highest BCUT2D eigenvalue weighted by Crippen LogP contribution is 2.40. The number of nitrogens with one attached hydrogen (secondary N) is 3. The van der Waals surface area contributed by atoms with Crippen LogP contribution in [-0.4, -0.2) is 38.4 Å². The molecule has 0 spiro atoms. The molecule has 0 aliphatic carbocycles. The van der Waals surface area contributed by atoms with Crippen molar-refractivity contribution in [2.24, 2.45) is 0 Å². The van der Waals surface area contributed by atoms with Crippen molar-refractivity contribution in [2.75, 3.05) is 32.0 Å². The van der Waals surface area contributed by atoms with Gasteiger partial charge in [0.15, 0.2) is 11.5 Å². The molecule has 8 heteroatoms. The fourth-order valence-corrected chi connectivity index (χ4v) is 2.28. The van der Waals surface area contributed by atoms with Crippen LogP contribution in [0.4, 0.5) is 22.0 Å². The lowest BCUT2D eigenvalue weighted by Gasteiger charge is -2.15. The van der Waals surface area contributed by atoms with Gasteiger partial charge in [-0.1, -0.05) is 0 Å². The molecule has 3 N–H and O–H groups in total. The number of rotatable bonds is 7. The molecule has 1 aromatic heterocycles. The van der Waals surface area contributed by atoms with Crippen LogP contribution in [0, 0.1) is 0 Å². The molecule has 1 heterocycles. The van der Waals surface area contributed by atoms with Crippen LogP contribution in [0.3, 0.4) is 0 Å². The van der Waals surface area contributed by atoms with E-state index in [-0.39, 0.29) is 12.1 Å². The van der Waals surface area contributed by atoms with E-state index in [9.17, 15) is 4.79 Å². The van der Waals surface area contributed by atoms with Crippen LogP contribution in [0.2, 0.25) is 0 Å². The summed E-state index contributed by atoms with van der Waals surface area (Å²) in [5.41, 5.74) is 1.49. The van der Waals surface area contributed by atoms with Gasteiger partial charge in [0, 0.05) is 23.9 Å². The molecule has 2 aromatic rings. The third kappa shape index (κ3) is 4.92. The van der Waals surface area contributed by atoms with Crippen molar-refractivity contribution in [1.29, 1.82) is 0 Å². The Morgan fingerprint density at radius 1 is 1.00 bits per heavy atom. The number of amides is 2. The summed E-state index contributed by atoms with van der Waals surface area (Å²) in [5, 5.41) is 8.62. The number of ether oxygens (including phenoxy) is 3. The third-order valence-electron chi connectivity index (χ3n) is 3.38. The van der Waals surface area contributed by atoms with Crippen molar-refractivity contribution in [3.05, 3.63) is 30.5 Å². The Balaban J connectivity index is 2.12. The quantitative estimate of drug-likeness (QED) is 0.701. The Morgan fingerprint density at radius 2 is 1.65 bits per heavy atom. The van der Waals surface area contributed by atoms with Gasteiger partial charge in [0.1, 0.15) is 5.82 Å². The highest BCUT2D eigenvalue weighted by atomic mass is 16.5. The van der Waals surface area contributed by atoms with Crippen LogP contribution in [-0.2, 0) is 0 Å². The zero-order valence-electron chi connectivity index (χ0n) is 15.5. The maximum absolute atomic E-state index is 11.7. The molecule has 0 unspecified atom stereocenters. The van der Waals surface area contributed by atoms with Gasteiger partial charge in [-0.05, 0) is 26.0 Å². The molecule has 0 atom stereocenters. The summed E-state index contributed by atoms with van der Waals surface area (Å²) < 4.78 is 16.0. The Hall–Kier alpha value is -3.16. The highest BCUT2D eigenvalue weighted by molar-refractivity contribution is 5.88. The van der Waals surface area contributed by atoms with E-state index in [4.69, 9.17) is 14.2 Å². The SMILES string of the molecule is COc1cc(Nc2ccc(NC(=O)NC(C)C)nc2)cc(OC)c1OC. The molecule has 2 amide bonds. The minimum absolute atomic E-state index is 0.0518. The van der Waals surface area contributed by atoms with Gasteiger partial charge in [-0.3, -0.25) is 5.32 Å². The van der Waals surface area contributed by atoms with Gasteiger partial charge >= 0.3 is 6.03 Å². The average Bonchev–Trinajstić information content (AvgIpc) is 2.61. The van der Waals surface area contributed by atoms with Gasteiger partial charge in [-0.25, -0.2) is 9.78 Å². The molecule has 0 aliphatic rings. The van der Waals surface area contributed by atoms with Crippen molar-refractivity contribution < 1.29 is 19.0 Å². The molecule has 0 fully saturated rings. The second kappa shape index (κ2) is 8.80. The second-order valence-corrected chi connectivity index (χ2v) is 5.72. The molecule has 26 heavy (non-hydrogen) atoms. The van der Waals surface area contributed by atoms with E-state index in [1.54, 1.807) is 51.8 Å². The smallest absolute Gasteiger partial charge is 0.320 e. The van der Waals surface area contributed by atoms with Crippen LogP contribution >= 0.6 is 0 Å². The Morgan fingerprint density at radius 3 is 2.12 bits per heavy atom. The summed E-state index contributed by atoms with van der Waals surface area (Å²) in [4.78, 5) is 15.9. The number of nitrogens with zero attached hydrogens (tertiary/aromatic N) is 1. The molecule has 0 bridgehead atoms. The van der Waals surface area contributed by atoms with E-state index >= 15 is 0 Å². The second-order valence-electron chi connectivity index (χ2n) is 5.72. The Labute approximate surface area is 152 Å². The van der Waals surface area contributed by atoms with Crippen LogP contribution in [0.15, 0.2) is 30.5 Å². The Kier molecular flexibility index (Phi) is 6.48. The minimum atomic E-state index is -0.294. The van der Waals surface area contributed by atoms with E-state index in [2.05, 4.69) is 20.9 Å². The number of hydrogen-bond acceptors (Lipinski definition) is 6. The molecule has 1 aromatic carbocycles. The van der Waals surface area contributed by atoms with Gasteiger partial charge in [-0.15, -0.1) is 0 Å². The maximum atomic E-state index is 11.7. The zero-order valence-corrected chi connectivity index (χ0v) is 15.5. The molecule has 8 nitrogen and oxygen atoms in total. The summed E-state index contributed by atoms with van der Waals surface area (Å²) >= 11 is 0. The van der Waals surface area contributed by atoms with Crippen LogP contribution in [0.5, 0.6) is 17.2 Å². The number of carbonyl (C=O) groups excluding carboxylic acids is 1. The van der Waals surface area contributed by atoms with E-state index in [0.717, 1.165) is 11.4 Å². The summed E-state index contributed by atoms with van der Waals surface area (Å²) in [6.07, 6.45) is 1.62. The van der Waals surface area contributed by atoms with E-state index < -0.39 is 0 Å². The van der Waals surface area contributed by atoms with Gasteiger partial charge in [-0.2, -0.15) is 0 Å². The molecule has 0 radical (unpaired) electrons. The summed E-state index contributed by atoms with van der Waals surface area (Å²) in [5.74, 6) is 2.07. The zero-order chi connectivity index (χ0) is 19.1. The topological polar surface area (TPSA) is 93.7 Å². The van der Waals surface area contributed by atoms with Gasteiger partial charge in [0.05, 0.1) is 33.2 Å². The van der Waals surface area contributed by atoms with Crippen LogP contribution < -0.4 is 30.2 Å². The third-order valence-corrected chi connectivity index (χ3v) is 3.38. The number of aromatic nitrogens is 1. The van der Waals surface area contributed by atoms with Crippen LogP contribution in [0.25, 0.3) is 0 Å². The van der Waals surface area contributed by atoms with E-state index in [1.165, 1.54) is 0 Å². The van der Waals surface area contributed by atoms with Crippen molar-refractivity contribution in [3.8, 4) is 17.2 Å². The normalized spacial score (nSPS) is 10.2. The predicted molar refractivity (Wildman–Crippen MR) is 101 cm³/mol. The number of benzene rings is 1. The van der Waals surface area contributed by atoms with Gasteiger partial charge < -0.3 is 24.8 Å². The number of methoxy groups -OCH3 is 3. The fourth-order valence-electron chi connectivity index (χ4n) is 2.28. The highest BCUT2D eigenvalue weighted by Gasteiger charge is 2.13. The first-order chi connectivity index (χ1) is 12.5. The molecular formula is C18H24N4O4. The molecular weight excluding hydrogens is 336 g/mol. The molecule has 0 saturated carbocycles. The van der Waals surface area contributed by atoms with Gasteiger partial charge in [0.25, 0.3) is 0 Å². The van der Waals surface area contributed by atoms with Gasteiger partial charge in [0.2, 0.25) is 5.75 Å². The predicted octanol–water partition coefficient (Wildman–Crippen LogP) is 3.38. The number of pyridine rings is 1. The summed E-state index contributed by atoms with van der Waals surface area (Å²) in [6, 6.07) is 6.86. The lowest BCUT2D eigenvalue weighted by molar-refractivity contribution is 0.250. The number of urea groups is 1. The minimum Gasteiger partial charge on any atom is -0.493 e. The maximum Gasteiger partial charge on any atom is 0.320 e. The fraction of sp³-hybridized carbons (Fsp3) is 0.333. The van der Waals surface area contributed by atoms with E-state index in [0.29, 0.717) is 23.1 Å². The molecule has 2 rings (SSSR count). The lowest BCUT2D eigenvalue weighted by atomic mass is 10.2. The molecule has 0 aliphatic heterocycles. The standard InChI is InChI=1S/C18H24N4O4/c1-11(2)20-18(23)22-16-7-6-12(10-19-16)21-13-8-14(24-3)17(26-5)15(9-13)25-4/h6-11,21H,1-5H3,(H2,19,20,22,23). The average molecular weight is 360 g/mol. The largest absolute Gasteiger partial charge is 0.493 e. The summed E-state index contributed by atoms with van der Waals surface area (Å²) in [6.45, 7) is 3.77. The first-order valence-corrected chi connectivity index (χ1v) is 8.07. The number of hydrogen-bond donors (Lipinski definition) is 3. The monoisotopic (exact) mass is 360 g/mol. The Bertz CT molecular complexity index is 722. The van der Waals surface area contributed by atoms with Crippen molar-refractivity contribution in [1.82, 2.24) is 10.3 Å².